The first kappa shape index (κ1) is 25.0. The number of benzene rings is 3. The molecule has 0 aliphatic carbocycles. The van der Waals surface area contributed by atoms with E-state index in [4.69, 9.17) is 18.9 Å². The van der Waals surface area contributed by atoms with Crippen molar-refractivity contribution in [3.8, 4) is 11.5 Å². The lowest BCUT2D eigenvalue weighted by atomic mass is 9.80. The number of nitrogens with zero attached hydrogens (tertiary/aromatic N) is 1. The van der Waals surface area contributed by atoms with Crippen LogP contribution in [0.5, 0.6) is 11.5 Å². The molecule has 1 aliphatic heterocycles. The van der Waals surface area contributed by atoms with Gasteiger partial charge in [-0.25, -0.2) is 0 Å². The van der Waals surface area contributed by atoms with Gasteiger partial charge in [-0.15, -0.1) is 0 Å². The number of aliphatic hydroxyl groups excluding tert-OH is 1. The van der Waals surface area contributed by atoms with Crippen LogP contribution >= 0.6 is 0 Å². The summed E-state index contributed by atoms with van der Waals surface area (Å²) in [6.07, 6.45) is 2.61. The number of ether oxygens (including phenoxy) is 4. The van der Waals surface area contributed by atoms with E-state index in [9.17, 15) is 5.11 Å². The van der Waals surface area contributed by atoms with Gasteiger partial charge in [0.05, 0.1) is 33.0 Å². The van der Waals surface area contributed by atoms with E-state index in [0.29, 0.717) is 6.42 Å². The molecule has 1 saturated heterocycles. The largest absolute Gasteiger partial charge is 0.497 e. The Bertz CT molecular complexity index is 1220. The molecule has 3 aromatic carbocycles. The van der Waals surface area contributed by atoms with Crippen molar-refractivity contribution in [3.05, 3.63) is 126 Å². The molecule has 37 heavy (non-hydrogen) atoms. The molecule has 1 fully saturated rings. The second-order valence-electron chi connectivity index (χ2n) is 9.07. The third-order valence-electron chi connectivity index (χ3n) is 6.92. The fourth-order valence-electron chi connectivity index (χ4n) is 4.94. The van der Waals surface area contributed by atoms with Crippen molar-refractivity contribution in [3.63, 3.8) is 0 Å². The van der Waals surface area contributed by atoms with Gasteiger partial charge < -0.3 is 24.1 Å². The Morgan fingerprint density at radius 2 is 1.41 bits per heavy atom. The summed E-state index contributed by atoms with van der Waals surface area (Å²) in [5, 5.41) is 10.9. The van der Waals surface area contributed by atoms with E-state index in [1.807, 2.05) is 78.9 Å². The van der Waals surface area contributed by atoms with Crippen LogP contribution in [0.3, 0.4) is 0 Å². The van der Waals surface area contributed by atoms with Crippen molar-refractivity contribution in [1.82, 2.24) is 4.98 Å². The predicted octanol–water partition coefficient (Wildman–Crippen LogP) is 5.30. The SMILES string of the molecule is COc1ccc(C(OC[C@H]2O[C@@H](c3cccnc3)C[C@@H]2O)(c2ccccc2)c2ccc(OC)cc2)cc1. The maximum absolute atomic E-state index is 10.9. The molecule has 5 rings (SSSR count). The summed E-state index contributed by atoms with van der Waals surface area (Å²) in [6, 6.07) is 29.7. The van der Waals surface area contributed by atoms with E-state index >= 15 is 0 Å². The van der Waals surface area contributed by atoms with Crippen LogP contribution in [0.25, 0.3) is 0 Å². The van der Waals surface area contributed by atoms with Gasteiger partial charge >= 0.3 is 0 Å². The molecule has 0 spiro atoms. The molecule has 0 radical (unpaired) electrons. The average Bonchev–Trinajstić information content (AvgIpc) is 3.35. The van der Waals surface area contributed by atoms with E-state index in [-0.39, 0.29) is 12.7 Å². The van der Waals surface area contributed by atoms with Gasteiger partial charge in [0.15, 0.2) is 0 Å². The number of hydrogen-bond acceptors (Lipinski definition) is 6. The van der Waals surface area contributed by atoms with Gasteiger partial charge in [-0.05, 0) is 52.6 Å². The molecular formula is C31H31NO5. The summed E-state index contributed by atoms with van der Waals surface area (Å²) in [6.45, 7) is 0.185. The number of aliphatic hydroxyl groups is 1. The lowest BCUT2D eigenvalue weighted by Crippen LogP contribution is -2.38. The molecule has 0 saturated carbocycles. The molecule has 0 amide bonds. The molecule has 0 unspecified atom stereocenters. The van der Waals surface area contributed by atoms with E-state index in [0.717, 1.165) is 33.8 Å². The lowest BCUT2D eigenvalue weighted by Gasteiger charge is -2.37. The minimum atomic E-state index is -0.963. The van der Waals surface area contributed by atoms with Crippen molar-refractivity contribution >= 4 is 0 Å². The monoisotopic (exact) mass is 497 g/mol. The fourth-order valence-corrected chi connectivity index (χ4v) is 4.94. The topological polar surface area (TPSA) is 70.0 Å². The van der Waals surface area contributed by atoms with Crippen LogP contribution in [0, 0.1) is 0 Å². The van der Waals surface area contributed by atoms with Crippen molar-refractivity contribution in [2.45, 2.75) is 30.3 Å². The highest BCUT2D eigenvalue weighted by molar-refractivity contribution is 5.49. The van der Waals surface area contributed by atoms with Crippen molar-refractivity contribution in [2.24, 2.45) is 0 Å². The number of rotatable bonds is 9. The zero-order valence-corrected chi connectivity index (χ0v) is 21.0. The summed E-state index contributed by atoms with van der Waals surface area (Å²) in [7, 11) is 3.30. The van der Waals surface area contributed by atoms with Gasteiger partial charge in [-0.3, -0.25) is 4.98 Å². The van der Waals surface area contributed by atoms with E-state index < -0.39 is 17.8 Å². The van der Waals surface area contributed by atoms with Crippen LogP contribution in [-0.4, -0.2) is 43.1 Å². The molecule has 3 atom stereocenters. The van der Waals surface area contributed by atoms with Gasteiger partial charge in [0, 0.05) is 18.8 Å². The smallest absolute Gasteiger partial charge is 0.143 e. The summed E-state index contributed by atoms with van der Waals surface area (Å²) >= 11 is 0. The van der Waals surface area contributed by atoms with Crippen molar-refractivity contribution in [1.29, 1.82) is 0 Å². The molecule has 1 aromatic heterocycles. The van der Waals surface area contributed by atoms with Crippen LogP contribution in [0.2, 0.25) is 0 Å². The Balaban J connectivity index is 1.54. The Morgan fingerprint density at radius 1 is 0.811 bits per heavy atom. The van der Waals surface area contributed by atoms with Crippen molar-refractivity contribution < 1.29 is 24.1 Å². The number of methoxy groups -OCH3 is 2. The standard InChI is InChI=1S/C31H31NO5/c1-34-26-14-10-24(11-15-26)31(23-8-4-3-5-9-23,25-12-16-27(35-2)17-13-25)36-21-30-28(33)19-29(37-30)22-7-6-18-32-20-22/h3-18,20,28-30,33H,19,21H2,1-2H3/t28-,29+,30+/m0/s1. The highest BCUT2D eigenvalue weighted by Gasteiger charge is 2.41. The van der Waals surface area contributed by atoms with Crippen LogP contribution in [0.15, 0.2) is 103 Å². The molecule has 1 N–H and O–H groups in total. The highest BCUT2D eigenvalue weighted by atomic mass is 16.6. The third-order valence-corrected chi connectivity index (χ3v) is 6.92. The van der Waals surface area contributed by atoms with Crippen LogP contribution in [0.4, 0.5) is 0 Å². The second-order valence-corrected chi connectivity index (χ2v) is 9.07. The Hall–Kier alpha value is -3.71. The molecule has 1 aliphatic rings. The molecule has 0 bridgehead atoms. The lowest BCUT2D eigenvalue weighted by molar-refractivity contribution is -0.0828. The van der Waals surface area contributed by atoms with Crippen LogP contribution in [-0.2, 0) is 15.1 Å². The predicted molar refractivity (Wildman–Crippen MR) is 141 cm³/mol. The van der Waals surface area contributed by atoms with Gasteiger partial charge in [0.25, 0.3) is 0 Å². The zero-order valence-electron chi connectivity index (χ0n) is 21.0. The Morgan fingerprint density at radius 3 is 1.95 bits per heavy atom. The average molecular weight is 498 g/mol. The third kappa shape index (κ3) is 5.09. The maximum Gasteiger partial charge on any atom is 0.143 e. The minimum absolute atomic E-state index is 0.185. The van der Waals surface area contributed by atoms with Gasteiger partial charge in [0.1, 0.15) is 23.2 Å². The highest BCUT2D eigenvalue weighted by Crippen LogP contribution is 2.43. The molecule has 2 heterocycles. The Labute approximate surface area is 217 Å². The molecule has 6 nitrogen and oxygen atoms in total. The summed E-state index contributed by atoms with van der Waals surface area (Å²) in [5.41, 5.74) is 2.81. The van der Waals surface area contributed by atoms with Gasteiger partial charge in [0.2, 0.25) is 0 Å². The van der Waals surface area contributed by atoms with Crippen LogP contribution in [0.1, 0.15) is 34.8 Å². The van der Waals surface area contributed by atoms with E-state index in [1.165, 1.54) is 0 Å². The molecule has 190 valence electrons. The Kier molecular flexibility index (Phi) is 7.51. The molecular weight excluding hydrogens is 466 g/mol. The van der Waals surface area contributed by atoms with Gasteiger partial charge in [-0.2, -0.15) is 0 Å². The molecule has 4 aromatic rings. The number of aromatic nitrogens is 1. The van der Waals surface area contributed by atoms with E-state index in [2.05, 4.69) is 17.1 Å². The molecule has 6 heteroatoms. The van der Waals surface area contributed by atoms with Crippen LogP contribution < -0.4 is 9.47 Å². The fraction of sp³-hybridized carbons (Fsp3) is 0.258. The second kappa shape index (κ2) is 11.1. The normalized spacial score (nSPS) is 19.5. The first-order chi connectivity index (χ1) is 18.1. The quantitative estimate of drug-likeness (QED) is 0.317. The summed E-state index contributed by atoms with van der Waals surface area (Å²) < 4.78 is 24.0. The number of hydrogen-bond donors (Lipinski definition) is 1. The van der Waals surface area contributed by atoms with E-state index in [1.54, 1.807) is 26.6 Å². The van der Waals surface area contributed by atoms with Gasteiger partial charge in [-0.1, -0.05) is 60.7 Å². The zero-order chi connectivity index (χ0) is 25.7. The number of pyridine rings is 1. The minimum Gasteiger partial charge on any atom is -0.497 e. The summed E-state index contributed by atoms with van der Waals surface area (Å²) in [4.78, 5) is 4.20. The summed E-state index contributed by atoms with van der Waals surface area (Å²) in [5.74, 6) is 1.52. The van der Waals surface area contributed by atoms with Crippen molar-refractivity contribution in [2.75, 3.05) is 20.8 Å². The maximum atomic E-state index is 10.9. The first-order valence-electron chi connectivity index (χ1n) is 12.4. The first-order valence-corrected chi connectivity index (χ1v) is 12.4.